The second-order valence-corrected chi connectivity index (χ2v) is 4.13. The molecule has 0 aromatic heterocycles. The lowest BCUT2D eigenvalue weighted by molar-refractivity contribution is -0.165. The molecular weight excluding hydrogens is 248 g/mol. The van der Waals surface area contributed by atoms with Crippen molar-refractivity contribution in [2.45, 2.75) is 25.2 Å². The van der Waals surface area contributed by atoms with Crippen molar-refractivity contribution in [1.29, 1.82) is 0 Å². The highest BCUT2D eigenvalue weighted by atomic mass is 16.7. The van der Waals surface area contributed by atoms with E-state index in [2.05, 4.69) is 4.74 Å². The van der Waals surface area contributed by atoms with Gasteiger partial charge in [0.05, 0.1) is 12.7 Å². The van der Waals surface area contributed by atoms with Gasteiger partial charge in [-0.2, -0.15) is 0 Å². The average Bonchev–Trinajstić information content (AvgIpc) is 2.46. The molecular formula is C14H20O5. The third-order valence-electron chi connectivity index (χ3n) is 2.88. The summed E-state index contributed by atoms with van der Waals surface area (Å²) in [5.74, 6) is -0.356. The Labute approximate surface area is 113 Å². The molecule has 0 aliphatic rings. The van der Waals surface area contributed by atoms with Crippen LogP contribution in [0.3, 0.4) is 0 Å². The zero-order valence-corrected chi connectivity index (χ0v) is 11.5. The van der Waals surface area contributed by atoms with Crippen LogP contribution >= 0.6 is 0 Å². The molecule has 0 spiro atoms. The number of hydrogen-bond acceptors (Lipinski definition) is 5. The van der Waals surface area contributed by atoms with Crippen molar-refractivity contribution < 1.29 is 24.1 Å². The van der Waals surface area contributed by atoms with Crippen LogP contribution in [0.4, 0.5) is 0 Å². The minimum atomic E-state index is -0.685. The van der Waals surface area contributed by atoms with Crippen molar-refractivity contribution in [3.8, 4) is 0 Å². The predicted octanol–water partition coefficient (Wildman–Crippen LogP) is 1.39. The van der Waals surface area contributed by atoms with E-state index in [0.29, 0.717) is 18.4 Å². The molecule has 5 nitrogen and oxygen atoms in total. The molecule has 0 saturated heterocycles. The largest absolute Gasteiger partial charge is 0.465 e. The van der Waals surface area contributed by atoms with Gasteiger partial charge in [0.2, 0.25) is 0 Å². The summed E-state index contributed by atoms with van der Waals surface area (Å²) in [6.45, 7) is 0. The number of aliphatic hydroxyl groups is 1. The molecule has 106 valence electrons. The summed E-state index contributed by atoms with van der Waals surface area (Å²) >= 11 is 0. The molecule has 0 aliphatic heterocycles. The number of esters is 1. The summed E-state index contributed by atoms with van der Waals surface area (Å²) in [6.07, 6.45) is -0.111. The fraction of sp³-hybridized carbons (Fsp3) is 0.500. The molecule has 0 radical (unpaired) electrons. The summed E-state index contributed by atoms with van der Waals surface area (Å²) in [6, 6.07) is 7.09. The molecule has 0 fully saturated rings. The van der Waals surface area contributed by atoms with Crippen LogP contribution in [-0.2, 0) is 20.6 Å². The number of carbonyl (C=O) groups is 1. The Hall–Kier alpha value is -1.43. The number of aliphatic hydroxyl groups excluding tert-OH is 1. The Balaban J connectivity index is 2.52. The number of aryl methyl sites for hydroxylation is 1. The second kappa shape index (κ2) is 7.89. The molecule has 1 rings (SSSR count). The maximum Gasteiger partial charge on any atom is 0.337 e. The molecule has 1 aromatic carbocycles. The summed E-state index contributed by atoms with van der Waals surface area (Å²) in [5.41, 5.74) is 1.54. The van der Waals surface area contributed by atoms with Gasteiger partial charge in [0.25, 0.3) is 0 Å². The minimum Gasteiger partial charge on any atom is -0.465 e. The van der Waals surface area contributed by atoms with Crippen LogP contribution in [0.2, 0.25) is 0 Å². The van der Waals surface area contributed by atoms with Crippen molar-refractivity contribution in [3.05, 3.63) is 35.4 Å². The molecule has 0 aliphatic carbocycles. The Morgan fingerprint density at radius 3 is 2.21 bits per heavy atom. The summed E-state index contributed by atoms with van der Waals surface area (Å²) < 4.78 is 14.6. The fourth-order valence-corrected chi connectivity index (χ4v) is 1.79. The SMILES string of the molecule is COC(=O)c1ccc(CCC(O)C(OC)OC)cc1. The number of rotatable bonds is 7. The summed E-state index contributed by atoms with van der Waals surface area (Å²) in [5, 5.41) is 9.83. The van der Waals surface area contributed by atoms with E-state index in [9.17, 15) is 9.90 Å². The zero-order valence-electron chi connectivity index (χ0n) is 11.5. The first-order valence-electron chi connectivity index (χ1n) is 6.03. The number of hydrogen-bond donors (Lipinski definition) is 1. The van der Waals surface area contributed by atoms with Crippen LogP contribution in [0.25, 0.3) is 0 Å². The zero-order chi connectivity index (χ0) is 14.3. The monoisotopic (exact) mass is 268 g/mol. The predicted molar refractivity (Wildman–Crippen MR) is 69.9 cm³/mol. The summed E-state index contributed by atoms with van der Waals surface area (Å²) in [7, 11) is 4.33. The van der Waals surface area contributed by atoms with Crippen LogP contribution in [0.1, 0.15) is 22.3 Å². The topological polar surface area (TPSA) is 65.0 Å². The molecule has 1 N–H and O–H groups in total. The Morgan fingerprint density at radius 1 is 1.16 bits per heavy atom. The van der Waals surface area contributed by atoms with E-state index in [-0.39, 0.29) is 5.97 Å². The number of carbonyl (C=O) groups excluding carboxylic acids is 1. The van der Waals surface area contributed by atoms with E-state index >= 15 is 0 Å². The fourth-order valence-electron chi connectivity index (χ4n) is 1.79. The van der Waals surface area contributed by atoms with Crippen molar-refractivity contribution in [3.63, 3.8) is 0 Å². The summed E-state index contributed by atoms with van der Waals surface area (Å²) in [4.78, 5) is 11.3. The maximum atomic E-state index is 11.3. The van der Waals surface area contributed by atoms with Crippen LogP contribution < -0.4 is 0 Å². The Morgan fingerprint density at radius 2 is 1.74 bits per heavy atom. The minimum absolute atomic E-state index is 0.356. The lowest BCUT2D eigenvalue weighted by Crippen LogP contribution is -2.30. The molecule has 0 amide bonds. The standard InChI is InChI=1S/C14H20O5/c1-17-13(16)11-7-4-10(5-8-11)6-9-12(15)14(18-2)19-3/h4-5,7-8,12,14-15H,6,9H2,1-3H3. The van der Waals surface area contributed by atoms with Crippen LogP contribution in [0.5, 0.6) is 0 Å². The van der Waals surface area contributed by atoms with E-state index in [0.717, 1.165) is 5.56 Å². The molecule has 0 heterocycles. The Kier molecular flexibility index (Phi) is 6.49. The van der Waals surface area contributed by atoms with Gasteiger partial charge in [-0.1, -0.05) is 12.1 Å². The van der Waals surface area contributed by atoms with Gasteiger partial charge in [-0.3, -0.25) is 0 Å². The van der Waals surface area contributed by atoms with Gasteiger partial charge in [-0.25, -0.2) is 4.79 Å². The maximum absolute atomic E-state index is 11.3. The van der Waals surface area contributed by atoms with Crippen LogP contribution in [0.15, 0.2) is 24.3 Å². The molecule has 1 aromatic rings. The smallest absolute Gasteiger partial charge is 0.337 e. The number of methoxy groups -OCH3 is 3. The highest BCUT2D eigenvalue weighted by Crippen LogP contribution is 2.11. The molecule has 5 heteroatoms. The first-order chi connectivity index (χ1) is 9.12. The van der Waals surface area contributed by atoms with E-state index < -0.39 is 12.4 Å². The first-order valence-corrected chi connectivity index (χ1v) is 6.03. The third-order valence-corrected chi connectivity index (χ3v) is 2.88. The van der Waals surface area contributed by atoms with E-state index in [1.165, 1.54) is 21.3 Å². The van der Waals surface area contributed by atoms with Gasteiger partial charge in [0.1, 0.15) is 6.10 Å². The third kappa shape index (κ3) is 4.63. The lowest BCUT2D eigenvalue weighted by Gasteiger charge is -2.19. The van der Waals surface area contributed by atoms with Crippen molar-refractivity contribution in [1.82, 2.24) is 0 Å². The van der Waals surface area contributed by atoms with Crippen molar-refractivity contribution >= 4 is 5.97 Å². The highest BCUT2D eigenvalue weighted by Gasteiger charge is 2.17. The van der Waals surface area contributed by atoms with Gasteiger partial charge in [-0.15, -0.1) is 0 Å². The molecule has 1 unspecified atom stereocenters. The van der Waals surface area contributed by atoms with Crippen LogP contribution in [0, 0.1) is 0 Å². The highest BCUT2D eigenvalue weighted by molar-refractivity contribution is 5.89. The van der Waals surface area contributed by atoms with Gasteiger partial charge < -0.3 is 19.3 Å². The van der Waals surface area contributed by atoms with Gasteiger partial charge >= 0.3 is 5.97 Å². The van der Waals surface area contributed by atoms with Crippen molar-refractivity contribution in [2.24, 2.45) is 0 Å². The first kappa shape index (κ1) is 15.6. The Bertz CT molecular complexity index is 383. The van der Waals surface area contributed by atoms with E-state index in [1.807, 2.05) is 12.1 Å². The van der Waals surface area contributed by atoms with Gasteiger partial charge in [-0.05, 0) is 30.5 Å². The number of benzene rings is 1. The lowest BCUT2D eigenvalue weighted by atomic mass is 10.0. The van der Waals surface area contributed by atoms with Crippen molar-refractivity contribution in [2.75, 3.05) is 21.3 Å². The van der Waals surface area contributed by atoms with E-state index in [1.54, 1.807) is 12.1 Å². The van der Waals surface area contributed by atoms with E-state index in [4.69, 9.17) is 9.47 Å². The number of ether oxygens (including phenoxy) is 3. The molecule has 1 atom stereocenters. The van der Waals surface area contributed by atoms with Crippen LogP contribution in [-0.4, -0.2) is 44.8 Å². The van der Waals surface area contributed by atoms with Gasteiger partial charge in [0.15, 0.2) is 6.29 Å². The molecule has 19 heavy (non-hydrogen) atoms. The van der Waals surface area contributed by atoms with Gasteiger partial charge in [0, 0.05) is 14.2 Å². The molecule has 0 saturated carbocycles. The average molecular weight is 268 g/mol. The quantitative estimate of drug-likeness (QED) is 0.598. The second-order valence-electron chi connectivity index (χ2n) is 4.13. The normalized spacial score (nSPS) is 12.5. The molecule has 0 bridgehead atoms.